The first-order valence-electron chi connectivity index (χ1n) is 9.67. The molecular formula is C22H20NO7PS. The van der Waals surface area contributed by atoms with Gasteiger partial charge < -0.3 is 0 Å². The smallest absolute Gasteiger partial charge is 0.282 e. The van der Waals surface area contributed by atoms with Gasteiger partial charge in [-0.25, -0.2) is 17.3 Å². The standard InChI is InChI=1S/C22H20NO7PS/c24-22-20-13-7-8-14-21(20)32(26,27)23(22)17-30-31(25,28-15-18-9-3-1-4-10-18)29-16-19-11-5-2-6-12-19/h1-14H,15-17H2. The third kappa shape index (κ3) is 4.82. The average Bonchev–Trinajstić information content (AvgIpc) is 3.02. The predicted octanol–water partition coefficient (Wildman–Crippen LogP) is 4.35. The van der Waals surface area contributed by atoms with Gasteiger partial charge in [0.15, 0.2) is 0 Å². The molecule has 3 aromatic rings. The number of fused-ring (bicyclic) bond motifs is 1. The maximum atomic E-state index is 13.3. The molecule has 0 saturated heterocycles. The van der Waals surface area contributed by atoms with Crippen LogP contribution in [0.3, 0.4) is 0 Å². The molecular weight excluding hydrogens is 453 g/mol. The van der Waals surface area contributed by atoms with Gasteiger partial charge in [0.2, 0.25) is 0 Å². The minimum absolute atomic E-state index is 0.0290. The van der Waals surface area contributed by atoms with E-state index in [1.54, 1.807) is 54.6 Å². The van der Waals surface area contributed by atoms with Gasteiger partial charge in [-0.05, 0) is 23.3 Å². The van der Waals surface area contributed by atoms with Gasteiger partial charge in [-0.2, -0.15) is 0 Å². The molecule has 10 heteroatoms. The van der Waals surface area contributed by atoms with E-state index in [1.807, 2.05) is 12.1 Å². The Kier molecular flexibility index (Phi) is 6.55. The monoisotopic (exact) mass is 473 g/mol. The highest BCUT2D eigenvalue weighted by Gasteiger charge is 2.42. The lowest BCUT2D eigenvalue weighted by Crippen LogP contribution is -2.32. The first-order valence-corrected chi connectivity index (χ1v) is 12.6. The van der Waals surface area contributed by atoms with Crippen molar-refractivity contribution in [3.63, 3.8) is 0 Å². The molecule has 0 N–H and O–H groups in total. The van der Waals surface area contributed by atoms with Crippen molar-refractivity contribution in [1.82, 2.24) is 4.31 Å². The summed E-state index contributed by atoms with van der Waals surface area (Å²) in [5.74, 6) is -0.765. The Morgan fingerprint density at radius 1 is 0.719 bits per heavy atom. The summed E-state index contributed by atoms with van der Waals surface area (Å²) in [4.78, 5) is 12.5. The van der Waals surface area contributed by atoms with E-state index in [1.165, 1.54) is 18.2 Å². The average molecular weight is 473 g/mol. The topological polar surface area (TPSA) is 99.2 Å². The highest BCUT2D eigenvalue weighted by Crippen LogP contribution is 2.51. The van der Waals surface area contributed by atoms with Crippen LogP contribution < -0.4 is 0 Å². The Bertz CT molecular complexity index is 1200. The van der Waals surface area contributed by atoms with Crippen molar-refractivity contribution in [2.24, 2.45) is 0 Å². The number of benzene rings is 3. The zero-order valence-electron chi connectivity index (χ0n) is 16.9. The first-order chi connectivity index (χ1) is 15.4. The number of amides is 1. The Morgan fingerprint density at radius 2 is 1.22 bits per heavy atom. The minimum Gasteiger partial charge on any atom is -0.282 e. The highest BCUT2D eigenvalue weighted by atomic mass is 32.2. The number of carbonyl (C=O) groups is 1. The number of phosphoric ester groups is 1. The van der Waals surface area contributed by atoms with Crippen LogP contribution in [0.1, 0.15) is 21.5 Å². The molecule has 4 rings (SSSR count). The lowest BCUT2D eigenvalue weighted by atomic mass is 10.2. The van der Waals surface area contributed by atoms with Crippen LogP contribution in [0.4, 0.5) is 0 Å². The molecule has 0 radical (unpaired) electrons. The van der Waals surface area contributed by atoms with E-state index in [4.69, 9.17) is 13.6 Å². The quantitative estimate of drug-likeness (QED) is 0.426. The normalized spacial score (nSPS) is 15.0. The van der Waals surface area contributed by atoms with Crippen molar-refractivity contribution in [2.45, 2.75) is 18.1 Å². The predicted molar refractivity (Wildman–Crippen MR) is 116 cm³/mol. The van der Waals surface area contributed by atoms with E-state index in [9.17, 15) is 17.8 Å². The fraction of sp³-hybridized carbons (Fsp3) is 0.136. The van der Waals surface area contributed by atoms with E-state index in [2.05, 4.69) is 0 Å². The number of hydrogen-bond donors (Lipinski definition) is 0. The number of phosphoric acid groups is 1. The molecule has 0 aliphatic carbocycles. The van der Waals surface area contributed by atoms with Gasteiger partial charge >= 0.3 is 7.82 Å². The summed E-state index contributed by atoms with van der Waals surface area (Å²) >= 11 is 0. The Labute approximate surface area is 186 Å². The summed E-state index contributed by atoms with van der Waals surface area (Å²) < 4.78 is 55.5. The summed E-state index contributed by atoms with van der Waals surface area (Å²) in [6.45, 7) is -0.988. The van der Waals surface area contributed by atoms with E-state index in [-0.39, 0.29) is 23.7 Å². The number of sulfonamides is 1. The number of nitrogens with zero attached hydrogens (tertiary/aromatic N) is 1. The van der Waals surface area contributed by atoms with Crippen molar-refractivity contribution < 1.29 is 31.3 Å². The molecule has 0 fully saturated rings. The van der Waals surface area contributed by atoms with Crippen molar-refractivity contribution in [3.05, 3.63) is 102 Å². The minimum atomic E-state index is -4.24. The molecule has 1 amide bonds. The van der Waals surface area contributed by atoms with Gasteiger partial charge in [-0.1, -0.05) is 72.8 Å². The van der Waals surface area contributed by atoms with Crippen LogP contribution in [0.15, 0.2) is 89.8 Å². The van der Waals surface area contributed by atoms with Gasteiger partial charge in [-0.3, -0.25) is 18.4 Å². The van der Waals surface area contributed by atoms with Crippen molar-refractivity contribution in [3.8, 4) is 0 Å². The summed E-state index contributed by atoms with van der Waals surface area (Å²) in [5, 5.41) is 0. The van der Waals surface area contributed by atoms with Gasteiger partial charge in [0.05, 0.1) is 18.8 Å². The van der Waals surface area contributed by atoms with Crippen LogP contribution in [0.5, 0.6) is 0 Å². The van der Waals surface area contributed by atoms with Crippen LogP contribution in [-0.2, 0) is 41.4 Å². The fourth-order valence-corrected chi connectivity index (χ4v) is 5.65. The summed E-state index contributed by atoms with van der Waals surface area (Å²) in [6.07, 6.45) is 0. The second kappa shape index (κ2) is 9.36. The third-order valence-corrected chi connectivity index (χ3v) is 7.80. The van der Waals surface area contributed by atoms with E-state index < -0.39 is 30.5 Å². The number of rotatable bonds is 9. The second-order valence-corrected chi connectivity index (χ2v) is 10.4. The molecule has 166 valence electrons. The Hall–Kier alpha value is -2.81. The Balaban J connectivity index is 1.51. The summed E-state index contributed by atoms with van der Waals surface area (Å²) in [7, 11) is -8.36. The van der Waals surface area contributed by atoms with E-state index in [0.717, 1.165) is 11.1 Å². The maximum Gasteiger partial charge on any atom is 0.477 e. The molecule has 1 aliphatic rings. The first kappa shape index (κ1) is 22.4. The van der Waals surface area contributed by atoms with Crippen LogP contribution in [-0.4, -0.2) is 25.4 Å². The van der Waals surface area contributed by atoms with Gasteiger partial charge in [0.1, 0.15) is 11.6 Å². The Morgan fingerprint density at radius 3 is 1.75 bits per heavy atom. The molecule has 8 nitrogen and oxygen atoms in total. The largest absolute Gasteiger partial charge is 0.477 e. The van der Waals surface area contributed by atoms with Crippen LogP contribution in [0, 0.1) is 0 Å². The molecule has 0 unspecified atom stereocenters. The van der Waals surface area contributed by atoms with Crippen molar-refractivity contribution >= 4 is 23.8 Å². The molecule has 1 aliphatic heterocycles. The van der Waals surface area contributed by atoms with Gasteiger partial charge in [0.25, 0.3) is 15.9 Å². The second-order valence-electron chi connectivity index (χ2n) is 6.88. The van der Waals surface area contributed by atoms with Crippen LogP contribution in [0.2, 0.25) is 0 Å². The zero-order valence-corrected chi connectivity index (χ0v) is 18.6. The molecule has 1 heterocycles. The molecule has 0 saturated carbocycles. The fourth-order valence-electron chi connectivity index (χ4n) is 3.05. The van der Waals surface area contributed by atoms with Crippen LogP contribution in [0.25, 0.3) is 0 Å². The molecule has 0 aromatic heterocycles. The van der Waals surface area contributed by atoms with E-state index in [0.29, 0.717) is 4.31 Å². The molecule has 32 heavy (non-hydrogen) atoms. The van der Waals surface area contributed by atoms with Crippen molar-refractivity contribution in [2.75, 3.05) is 6.73 Å². The van der Waals surface area contributed by atoms with E-state index >= 15 is 0 Å². The van der Waals surface area contributed by atoms with Gasteiger partial charge in [-0.15, -0.1) is 0 Å². The van der Waals surface area contributed by atoms with Gasteiger partial charge in [0, 0.05) is 0 Å². The van der Waals surface area contributed by atoms with Crippen molar-refractivity contribution in [1.29, 1.82) is 0 Å². The zero-order chi connectivity index (χ0) is 22.6. The maximum absolute atomic E-state index is 13.3. The lowest BCUT2D eigenvalue weighted by molar-refractivity contribution is 0.0627. The SMILES string of the molecule is O=C1c2ccccc2S(=O)(=O)N1COP(=O)(OCc1ccccc1)OCc1ccccc1. The summed E-state index contributed by atoms with van der Waals surface area (Å²) in [5.41, 5.74) is 1.47. The highest BCUT2D eigenvalue weighted by molar-refractivity contribution is 7.90. The number of carbonyl (C=O) groups excluding carboxylic acids is 1. The molecule has 0 spiro atoms. The summed E-state index contributed by atoms with van der Waals surface area (Å²) in [6, 6.07) is 23.7. The molecule has 0 atom stereocenters. The lowest BCUT2D eigenvalue weighted by Gasteiger charge is -2.21. The third-order valence-electron chi connectivity index (χ3n) is 4.71. The van der Waals surface area contributed by atoms with Crippen LogP contribution >= 0.6 is 7.82 Å². The molecule has 0 bridgehead atoms. The molecule has 3 aromatic carbocycles. The number of hydrogen-bond acceptors (Lipinski definition) is 7.